The topological polar surface area (TPSA) is 75.4 Å². The lowest BCUT2D eigenvalue weighted by Gasteiger charge is -2.23. The van der Waals surface area contributed by atoms with Crippen molar-refractivity contribution in [2.75, 3.05) is 0 Å². The molecule has 0 radical (unpaired) electrons. The third kappa shape index (κ3) is 4.91. The van der Waals surface area contributed by atoms with Crippen LogP contribution in [0.15, 0.2) is 24.3 Å². The second-order valence-electron chi connectivity index (χ2n) is 5.24. The molecule has 0 aliphatic rings. The quantitative estimate of drug-likeness (QED) is 0.733. The zero-order chi connectivity index (χ0) is 14.4. The normalized spacial score (nSPS) is 14.2. The molecular weight excluding hydrogens is 240 g/mol. The molecule has 0 bridgehead atoms. The Balaban J connectivity index is 2.55. The summed E-state index contributed by atoms with van der Waals surface area (Å²) >= 11 is 0. The molecule has 1 amide bonds. The SMILES string of the molecule is CCC(NC(=O)[C@H](N)Cc1ccc(O)cc1)C(C)C. The lowest BCUT2D eigenvalue weighted by molar-refractivity contribution is -0.123. The van der Waals surface area contributed by atoms with Gasteiger partial charge in [0.05, 0.1) is 6.04 Å². The second kappa shape index (κ2) is 7.14. The molecule has 0 spiro atoms. The Morgan fingerprint density at radius 1 is 1.32 bits per heavy atom. The highest BCUT2D eigenvalue weighted by atomic mass is 16.3. The molecule has 0 aromatic heterocycles. The van der Waals surface area contributed by atoms with E-state index in [1.54, 1.807) is 24.3 Å². The average molecular weight is 264 g/mol. The molecule has 19 heavy (non-hydrogen) atoms. The number of amides is 1. The van der Waals surface area contributed by atoms with Crippen LogP contribution in [0.2, 0.25) is 0 Å². The summed E-state index contributed by atoms with van der Waals surface area (Å²) in [6.07, 6.45) is 1.37. The average Bonchev–Trinajstić information content (AvgIpc) is 2.37. The number of carbonyl (C=O) groups excluding carboxylic acids is 1. The van der Waals surface area contributed by atoms with Crippen LogP contribution in [0.25, 0.3) is 0 Å². The van der Waals surface area contributed by atoms with E-state index >= 15 is 0 Å². The van der Waals surface area contributed by atoms with Crippen molar-refractivity contribution in [3.63, 3.8) is 0 Å². The molecule has 1 aromatic rings. The predicted octanol–water partition coefficient (Wildman–Crippen LogP) is 1.81. The van der Waals surface area contributed by atoms with Gasteiger partial charge in [0.2, 0.25) is 5.91 Å². The van der Waals surface area contributed by atoms with Crippen molar-refractivity contribution in [1.82, 2.24) is 5.32 Å². The Labute approximate surface area is 115 Å². The van der Waals surface area contributed by atoms with Crippen LogP contribution in [0, 0.1) is 5.92 Å². The molecule has 106 valence electrons. The minimum atomic E-state index is -0.558. The number of aromatic hydroxyl groups is 1. The Bertz CT molecular complexity index is 401. The van der Waals surface area contributed by atoms with E-state index in [0.717, 1.165) is 12.0 Å². The second-order valence-corrected chi connectivity index (χ2v) is 5.24. The fourth-order valence-electron chi connectivity index (χ4n) is 2.01. The summed E-state index contributed by atoms with van der Waals surface area (Å²) in [4.78, 5) is 12.0. The van der Waals surface area contributed by atoms with Gasteiger partial charge in [-0.3, -0.25) is 4.79 Å². The van der Waals surface area contributed by atoms with Gasteiger partial charge in [0.25, 0.3) is 0 Å². The smallest absolute Gasteiger partial charge is 0.237 e. The summed E-state index contributed by atoms with van der Waals surface area (Å²) in [6.45, 7) is 6.22. The first-order valence-corrected chi connectivity index (χ1v) is 6.77. The van der Waals surface area contributed by atoms with Gasteiger partial charge in [-0.1, -0.05) is 32.9 Å². The molecular formula is C15H24N2O2. The Morgan fingerprint density at radius 2 is 1.89 bits per heavy atom. The number of hydrogen-bond donors (Lipinski definition) is 3. The standard InChI is InChI=1S/C15H24N2O2/c1-4-14(10(2)3)17-15(19)13(16)9-11-5-7-12(18)8-6-11/h5-8,10,13-14,18H,4,9,16H2,1-3H3,(H,17,19)/t13-,14?/m1/s1. The van der Waals surface area contributed by atoms with Gasteiger partial charge in [0.15, 0.2) is 0 Å². The number of phenolic OH excluding ortho intramolecular Hbond substituents is 1. The molecule has 0 saturated carbocycles. The summed E-state index contributed by atoms with van der Waals surface area (Å²) in [7, 11) is 0. The molecule has 1 rings (SSSR count). The van der Waals surface area contributed by atoms with Gasteiger partial charge in [0, 0.05) is 6.04 Å². The van der Waals surface area contributed by atoms with E-state index in [4.69, 9.17) is 5.73 Å². The zero-order valence-corrected chi connectivity index (χ0v) is 11.9. The number of benzene rings is 1. The number of phenols is 1. The van der Waals surface area contributed by atoms with Gasteiger partial charge in [-0.05, 0) is 36.5 Å². The molecule has 4 N–H and O–H groups in total. The van der Waals surface area contributed by atoms with Crippen molar-refractivity contribution < 1.29 is 9.90 Å². The van der Waals surface area contributed by atoms with Crippen LogP contribution in [-0.2, 0) is 11.2 Å². The summed E-state index contributed by atoms with van der Waals surface area (Å²) in [6, 6.07) is 6.37. The largest absolute Gasteiger partial charge is 0.508 e. The zero-order valence-electron chi connectivity index (χ0n) is 11.9. The van der Waals surface area contributed by atoms with E-state index < -0.39 is 6.04 Å². The van der Waals surface area contributed by atoms with Crippen LogP contribution in [0.3, 0.4) is 0 Å². The van der Waals surface area contributed by atoms with Crippen molar-refractivity contribution in [3.8, 4) is 5.75 Å². The van der Waals surface area contributed by atoms with Crippen molar-refractivity contribution >= 4 is 5.91 Å². The number of carbonyl (C=O) groups is 1. The van der Waals surface area contributed by atoms with Crippen LogP contribution in [0.5, 0.6) is 5.75 Å². The van der Waals surface area contributed by atoms with Crippen LogP contribution in [0.4, 0.5) is 0 Å². The molecule has 1 unspecified atom stereocenters. The monoisotopic (exact) mass is 264 g/mol. The lowest BCUT2D eigenvalue weighted by Crippen LogP contribution is -2.47. The molecule has 4 nitrogen and oxygen atoms in total. The van der Waals surface area contributed by atoms with Gasteiger partial charge in [-0.2, -0.15) is 0 Å². The van der Waals surface area contributed by atoms with Gasteiger partial charge in [-0.25, -0.2) is 0 Å². The van der Waals surface area contributed by atoms with E-state index in [1.807, 2.05) is 0 Å². The Kier molecular flexibility index (Phi) is 5.83. The van der Waals surface area contributed by atoms with Crippen molar-refractivity contribution in [2.24, 2.45) is 11.7 Å². The number of nitrogens with one attached hydrogen (secondary N) is 1. The van der Waals surface area contributed by atoms with Crippen LogP contribution < -0.4 is 11.1 Å². The van der Waals surface area contributed by atoms with E-state index in [2.05, 4.69) is 26.1 Å². The molecule has 2 atom stereocenters. The maximum Gasteiger partial charge on any atom is 0.237 e. The fourth-order valence-corrected chi connectivity index (χ4v) is 2.01. The summed E-state index contributed by atoms with van der Waals surface area (Å²) < 4.78 is 0. The third-order valence-electron chi connectivity index (χ3n) is 3.30. The maximum absolute atomic E-state index is 12.0. The molecule has 0 saturated heterocycles. The molecule has 0 fully saturated rings. The Morgan fingerprint density at radius 3 is 2.37 bits per heavy atom. The van der Waals surface area contributed by atoms with Crippen molar-refractivity contribution in [3.05, 3.63) is 29.8 Å². The predicted molar refractivity (Wildman–Crippen MR) is 76.8 cm³/mol. The summed E-state index contributed by atoms with van der Waals surface area (Å²) in [5.74, 6) is 0.496. The van der Waals surface area contributed by atoms with E-state index in [-0.39, 0.29) is 17.7 Å². The van der Waals surface area contributed by atoms with E-state index in [0.29, 0.717) is 12.3 Å². The van der Waals surface area contributed by atoms with Crippen molar-refractivity contribution in [2.45, 2.75) is 45.7 Å². The first-order chi connectivity index (χ1) is 8.93. The molecule has 4 heteroatoms. The van der Waals surface area contributed by atoms with Crippen molar-refractivity contribution in [1.29, 1.82) is 0 Å². The van der Waals surface area contributed by atoms with Gasteiger partial charge < -0.3 is 16.2 Å². The van der Waals surface area contributed by atoms with E-state index in [9.17, 15) is 9.90 Å². The fraction of sp³-hybridized carbons (Fsp3) is 0.533. The summed E-state index contributed by atoms with van der Waals surface area (Å²) in [5.41, 5.74) is 6.86. The highest BCUT2D eigenvalue weighted by Gasteiger charge is 2.19. The van der Waals surface area contributed by atoms with Gasteiger partial charge in [-0.15, -0.1) is 0 Å². The minimum absolute atomic E-state index is 0.117. The van der Waals surface area contributed by atoms with Crippen LogP contribution >= 0.6 is 0 Å². The molecule has 1 aromatic carbocycles. The number of hydrogen-bond acceptors (Lipinski definition) is 3. The third-order valence-corrected chi connectivity index (χ3v) is 3.30. The molecule has 0 aliphatic carbocycles. The maximum atomic E-state index is 12.0. The Hall–Kier alpha value is -1.55. The van der Waals surface area contributed by atoms with Crippen LogP contribution in [-0.4, -0.2) is 23.1 Å². The number of nitrogens with two attached hydrogens (primary N) is 1. The highest BCUT2D eigenvalue weighted by molar-refractivity contribution is 5.82. The first-order valence-electron chi connectivity index (χ1n) is 6.77. The summed E-state index contributed by atoms with van der Waals surface area (Å²) in [5, 5.41) is 12.2. The highest BCUT2D eigenvalue weighted by Crippen LogP contribution is 2.11. The minimum Gasteiger partial charge on any atom is -0.508 e. The van der Waals surface area contributed by atoms with Crippen LogP contribution in [0.1, 0.15) is 32.8 Å². The first kappa shape index (κ1) is 15.5. The lowest BCUT2D eigenvalue weighted by atomic mass is 10.0. The van der Waals surface area contributed by atoms with Gasteiger partial charge in [0.1, 0.15) is 5.75 Å². The molecule has 0 heterocycles. The van der Waals surface area contributed by atoms with E-state index in [1.165, 1.54) is 0 Å². The molecule has 0 aliphatic heterocycles. The van der Waals surface area contributed by atoms with Gasteiger partial charge >= 0.3 is 0 Å². The number of rotatable bonds is 6.